The van der Waals surface area contributed by atoms with Crippen LogP contribution in [-0.4, -0.2) is 35.9 Å². The lowest BCUT2D eigenvalue weighted by Crippen LogP contribution is -2.42. The van der Waals surface area contributed by atoms with Crippen LogP contribution in [0.25, 0.3) is 0 Å². The van der Waals surface area contributed by atoms with E-state index in [1.165, 1.54) is 17.2 Å². The maximum Gasteiger partial charge on any atom is 0.238 e. The third kappa shape index (κ3) is 3.78. The van der Waals surface area contributed by atoms with Crippen molar-refractivity contribution in [3.05, 3.63) is 29.8 Å². The molecule has 5 heteroatoms. The van der Waals surface area contributed by atoms with Gasteiger partial charge in [0.1, 0.15) is 5.82 Å². The molecule has 0 saturated carbocycles. The minimum absolute atomic E-state index is 0.000961. The first-order valence-electron chi connectivity index (χ1n) is 5.50. The van der Waals surface area contributed by atoms with Crippen LogP contribution >= 0.6 is 0 Å². The zero-order chi connectivity index (χ0) is 13.0. The summed E-state index contributed by atoms with van der Waals surface area (Å²) in [6.45, 7) is 3.68. The highest BCUT2D eigenvalue weighted by Gasteiger charge is 2.18. The van der Waals surface area contributed by atoms with E-state index in [0.717, 1.165) is 0 Å². The van der Waals surface area contributed by atoms with Crippen molar-refractivity contribution < 1.29 is 9.18 Å². The molecular weight excluding hydrogens is 221 g/mol. The number of hydrogen-bond donors (Lipinski definition) is 1. The van der Waals surface area contributed by atoms with Crippen molar-refractivity contribution in [2.24, 2.45) is 0 Å². The molecule has 0 aliphatic heterocycles. The molecule has 1 aromatic heterocycles. The molecule has 1 amide bonds. The molecule has 0 fully saturated rings. The molecule has 0 saturated heterocycles. The SMILES string of the molecule is CC(NC(C)c1ccc(F)cn1)C(=O)N(C)C. The lowest BCUT2D eigenvalue weighted by atomic mass is 10.2. The lowest BCUT2D eigenvalue weighted by Gasteiger charge is -2.21. The maximum atomic E-state index is 12.7. The van der Waals surface area contributed by atoms with Crippen molar-refractivity contribution in [1.29, 1.82) is 0 Å². The number of carbonyl (C=O) groups excluding carboxylic acids is 1. The molecule has 0 radical (unpaired) electrons. The van der Waals surface area contributed by atoms with Crippen LogP contribution in [0.1, 0.15) is 25.6 Å². The number of pyridine rings is 1. The molecule has 4 nitrogen and oxygen atoms in total. The van der Waals surface area contributed by atoms with Crippen molar-refractivity contribution >= 4 is 5.91 Å². The van der Waals surface area contributed by atoms with E-state index < -0.39 is 0 Å². The Labute approximate surface area is 101 Å². The van der Waals surface area contributed by atoms with E-state index in [-0.39, 0.29) is 23.8 Å². The Kier molecular flexibility index (Phi) is 4.57. The number of nitrogens with one attached hydrogen (secondary N) is 1. The van der Waals surface area contributed by atoms with Gasteiger partial charge in [0.25, 0.3) is 0 Å². The highest BCUT2D eigenvalue weighted by molar-refractivity contribution is 5.80. The van der Waals surface area contributed by atoms with Gasteiger partial charge in [-0.1, -0.05) is 0 Å². The summed E-state index contributed by atoms with van der Waals surface area (Å²) in [5, 5.41) is 3.12. The highest BCUT2D eigenvalue weighted by Crippen LogP contribution is 2.10. The van der Waals surface area contributed by atoms with E-state index in [1.807, 2.05) is 6.92 Å². The summed E-state index contributed by atoms with van der Waals surface area (Å²) in [4.78, 5) is 17.2. The fourth-order valence-electron chi connectivity index (χ4n) is 1.56. The van der Waals surface area contributed by atoms with Gasteiger partial charge in [0, 0.05) is 20.1 Å². The predicted molar refractivity (Wildman–Crippen MR) is 63.9 cm³/mol. The van der Waals surface area contributed by atoms with Gasteiger partial charge in [0.15, 0.2) is 0 Å². The minimum atomic E-state index is -0.363. The smallest absolute Gasteiger partial charge is 0.238 e. The van der Waals surface area contributed by atoms with E-state index in [0.29, 0.717) is 5.69 Å². The van der Waals surface area contributed by atoms with Crippen molar-refractivity contribution in [3.63, 3.8) is 0 Å². The number of aromatic nitrogens is 1. The van der Waals surface area contributed by atoms with Gasteiger partial charge in [-0.25, -0.2) is 4.39 Å². The second-order valence-electron chi connectivity index (χ2n) is 4.24. The van der Waals surface area contributed by atoms with E-state index in [1.54, 1.807) is 27.1 Å². The Morgan fingerprint density at radius 1 is 1.41 bits per heavy atom. The van der Waals surface area contributed by atoms with Gasteiger partial charge in [-0.15, -0.1) is 0 Å². The summed E-state index contributed by atoms with van der Waals surface area (Å²) in [5.41, 5.74) is 0.713. The number of hydrogen-bond acceptors (Lipinski definition) is 3. The largest absolute Gasteiger partial charge is 0.347 e. The van der Waals surface area contributed by atoms with Crippen LogP contribution in [0.5, 0.6) is 0 Å². The van der Waals surface area contributed by atoms with Crippen LogP contribution in [-0.2, 0) is 4.79 Å². The van der Waals surface area contributed by atoms with E-state index in [9.17, 15) is 9.18 Å². The van der Waals surface area contributed by atoms with Gasteiger partial charge in [-0.3, -0.25) is 15.1 Å². The first-order valence-corrected chi connectivity index (χ1v) is 5.50. The topological polar surface area (TPSA) is 45.2 Å². The van der Waals surface area contributed by atoms with Gasteiger partial charge in [-0.2, -0.15) is 0 Å². The summed E-state index contributed by atoms with van der Waals surface area (Å²) in [7, 11) is 3.42. The molecule has 0 spiro atoms. The van der Waals surface area contributed by atoms with E-state index in [4.69, 9.17) is 0 Å². The molecule has 0 aliphatic rings. The maximum absolute atomic E-state index is 12.7. The number of nitrogens with zero attached hydrogens (tertiary/aromatic N) is 2. The van der Waals surface area contributed by atoms with Gasteiger partial charge in [-0.05, 0) is 26.0 Å². The Balaban J connectivity index is 2.63. The summed E-state index contributed by atoms with van der Waals surface area (Å²) in [6, 6.07) is 2.57. The third-order valence-corrected chi connectivity index (χ3v) is 2.51. The van der Waals surface area contributed by atoms with Crippen molar-refractivity contribution in [2.75, 3.05) is 14.1 Å². The molecule has 1 N–H and O–H groups in total. The monoisotopic (exact) mass is 239 g/mol. The van der Waals surface area contributed by atoms with Crippen LogP contribution in [0.3, 0.4) is 0 Å². The number of rotatable bonds is 4. The average molecular weight is 239 g/mol. The van der Waals surface area contributed by atoms with Gasteiger partial charge < -0.3 is 4.90 Å². The first-order chi connectivity index (χ1) is 7.91. The number of amides is 1. The number of halogens is 1. The van der Waals surface area contributed by atoms with Crippen LogP contribution in [0.4, 0.5) is 4.39 Å². The lowest BCUT2D eigenvalue weighted by molar-refractivity contribution is -0.130. The van der Waals surface area contributed by atoms with Gasteiger partial charge >= 0.3 is 0 Å². The number of carbonyl (C=O) groups is 1. The fraction of sp³-hybridized carbons (Fsp3) is 0.500. The number of likely N-dealkylation sites (N-methyl/N-ethyl adjacent to an activating group) is 1. The Morgan fingerprint density at radius 2 is 2.06 bits per heavy atom. The third-order valence-electron chi connectivity index (χ3n) is 2.51. The van der Waals surface area contributed by atoms with Crippen molar-refractivity contribution in [3.8, 4) is 0 Å². The summed E-state index contributed by atoms with van der Waals surface area (Å²) < 4.78 is 12.7. The van der Waals surface area contributed by atoms with Crippen LogP contribution in [0.15, 0.2) is 18.3 Å². The molecule has 0 aromatic carbocycles. The van der Waals surface area contributed by atoms with Crippen LogP contribution < -0.4 is 5.32 Å². The van der Waals surface area contributed by atoms with E-state index in [2.05, 4.69) is 10.3 Å². The fourth-order valence-corrected chi connectivity index (χ4v) is 1.56. The van der Waals surface area contributed by atoms with Gasteiger partial charge in [0.2, 0.25) is 5.91 Å². The second kappa shape index (κ2) is 5.72. The molecular formula is C12H18FN3O. The Hall–Kier alpha value is -1.49. The molecule has 2 unspecified atom stereocenters. The Morgan fingerprint density at radius 3 is 2.53 bits per heavy atom. The molecule has 0 bridgehead atoms. The zero-order valence-electron chi connectivity index (χ0n) is 10.6. The molecule has 94 valence electrons. The van der Waals surface area contributed by atoms with Crippen LogP contribution in [0.2, 0.25) is 0 Å². The second-order valence-corrected chi connectivity index (χ2v) is 4.24. The standard InChI is InChI=1S/C12H18FN3O/c1-8(11-6-5-10(13)7-14-11)15-9(2)12(17)16(3)4/h5-9,15H,1-4H3. The normalized spacial score (nSPS) is 14.2. The molecule has 1 heterocycles. The van der Waals surface area contributed by atoms with Crippen molar-refractivity contribution in [1.82, 2.24) is 15.2 Å². The summed E-state index contributed by atoms with van der Waals surface area (Å²) in [5.74, 6) is -0.364. The minimum Gasteiger partial charge on any atom is -0.347 e. The molecule has 1 aromatic rings. The van der Waals surface area contributed by atoms with Gasteiger partial charge in [0.05, 0.1) is 17.9 Å². The average Bonchev–Trinajstić information content (AvgIpc) is 2.28. The molecule has 17 heavy (non-hydrogen) atoms. The predicted octanol–water partition coefficient (Wildman–Crippen LogP) is 1.35. The summed E-state index contributed by atoms with van der Waals surface area (Å²) >= 11 is 0. The van der Waals surface area contributed by atoms with Crippen molar-refractivity contribution in [2.45, 2.75) is 25.9 Å². The summed E-state index contributed by atoms with van der Waals surface area (Å²) in [6.07, 6.45) is 1.17. The first kappa shape index (κ1) is 13.6. The van der Waals surface area contributed by atoms with Crippen LogP contribution in [0, 0.1) is 5.82 Å². The Bertz CT molecular complexity index is 378. The molecule has 1 rings (SSSR count). The molecule has 0 aliphatic carbocycles. The molecule has 2 atom stereocenters. The van der Waals surface area contributed by atoms with E-state index >= 15 is 0 Å². The quantitative estimate of drug-likeness (QED) is 0.862. The highest BCUT2D eigenvalue weighted by atomic mass is 19.1. The zero-order valence-corrected chi connectivity index (χ0v) is 10.6.